The molecule has 0 saturated carbocycles. The molecule has 0 aromatic heterocycles. The van der Waals surface area contributed by atoms with Crippen LogP contribution in [0, 0.1) is 11.6 Å². The zero-order valence-corrected chi connectivity index (χ0v) is 9.95. The van der Waals surface area contributed by atoms with Gasteiger partial charge in [0.15, 0.2) is 17.4 Å². The number of benzene rings is 1. The second-order valence-corrected chi connectivity index (χ2v) is 6.91. The molecule has 0 aliphatic heterocycles. The smallest absolute Gasteiger partial charge is 0.190 e. The molecule has 0 N–H and O–H groups in total. The summed E-state index contributed by atoms with van der Waals surface area (Å²) >= 11 is 6.32. The van der Waals surface area contributed by atoms with Crippen LogP contribution >= 0.6 is 31.9 Å². The van der Waals surface area contributed by atoms with Crippen LogP contribution in [0.1, 0.15) is 15.9 Å². The molecule has 0 saturated heterocycles. The number of Topliss-reactive ketones (excluding diaryl/α,β-unsaturated/α-hetero) is 1. The highest BCUT2D eigenvalue weighted by molar-refractivity contribution is 9.26. The van der Waals surface area contributed by atoms with Crippen LogP contribution in [0.2, 0.25) is 0 Å². The minimum absolute atomic E-state index is 0.234. The summed E-state index contributed by atoms with van der Waals surface area (Å²) in [6.45, 7) is 0. The van der Waals surface area contributed by atoms with E-state index in [-0.39, 0.29) is 11.3 Å². The fourth-order valence-corrected chi connectivity index (χ4v) is 2.49. The largest absolute Gasteiger partial charge is 0.292 e. The Balaban J connectivity index is 2.61. The normalized spacial score (nSPS) is 18.4. The van der Waals surface area contributed by atoms with Crippen molar-refractivity contribution in [1.82, 2.24) is 0 Å². The zero-order chi connectivity index (χ0) is 10.5. The highest BCUT2D eigenvalue weighted by Crippen LogP contribution is 2.41. The van der Waals surface area contributed by atoms with E-state index < -0.39 is 14.9 Å². The molecular formula is C9H4Br2F2O. The number of hydrogen-bond donors (Lipinski definition) is 0. The Hall–Kier alpha value is -0.290. The van der Waals surface area contributed by atoms with Crippen molar-refractivity contribution in [2.45, 2.75) is 9.65 Å². The first-order chi connectivity index (χ1) is 6.42. The molecule has 0 fully saturated rings. The summed E-state index contributed by atoms with van der Waals surface area (Å²) in [7, 11) is 0. The third kappa shape index (κ3) is 1.42. The van der Waals surface area contributed by atoms with Crippen molar-refractivity contribution in [3.63, 3.8) is 0 Å². The van der Waals surface area contributed by atoms with E-state index in [4.69, 9.17) is 0 Å². The molecule has 0 bridgehead atoms. The molecule has 0 amide bonds. The Morgan fingerprint density at radius 1 is 1.21 bits per heavy atom. The lowest BCUT2D eigenvalue weighted by atomic mass is 10.1. The third-order valence-corrected chi connectivity index (χ3v) is 3.42. The third-order valence-electron chi connectivity index (χ3n) is 2.14. The van der Waals surface area contributed by atoms with Gasteiger partial charge in [-0.3, -0.25) is 4.79 Å². The van der Waals surface area contributed by atoms with E-state index >= 15 is 0 Å². The van der Waals surface area contributed by atoms with Crippen molar-refractivity contribution in [2.24, 2.45) is 0 Å². The summed E-state index contributed by atoms with van der Waals surface area (Å²) in [4.78, 5) is 11.6. The van der Waals surface area contributed by atoms with Gasteiger partial charge < -0.3 is 0 Å². The number of carbonyl (C=O) groups is 1. The SMILES string of the molecule is O=C1c2cc(F)c(F)cc2CC1(Br)Br. The predicted octanol–water partition coefficient (Wildman–Crippen LogP) is 3.19. The predicted molar refractivity (Wildman–Crippen MR) is 55.0 cm³/mol. The first-order valence-corrected chi connectivity index (χ1v) is 5.41. The van der Waals surface area contributed by atoms with Gasteiger partial charge in [-0.1, -0.05) is 31.9 Å². The summed E-state index contributed by atoms with van der Waals surface area (Å²) in [5.41, 5.74) is 0.750. The van der Waals surface area contributed by atoms with Crippen molar-refractivity contribution >= 4 is 37.6 Å². The van der Waals surface area contributed by atoms with Crippen LogP contribution in [0.4, 0.5) is 8.78 Å². The van der Waals surface area contributed by atoms with Crippen molar-refractivity contribution in [1.29, 1.82) is 0 Å². The molecule has 14 heavy (non-hydrogen) atoms. The summed E-state index contributed by atoms with van der Waals surface area (Å²) in [5.74, 6) is -2.18. The van der Waals surface area contributed by atoms with Gasteiger partial charge in [-0.05, 0) is 17.7 Å². The number of fused-ring (bicyclic) bond motifs is 1. The van der Waals surface area contributed by atoms with Gasteiger partial charge in [-0.25, -0.2) is 8.78 Å². The van der Waals surface area contributed by atoms with E-state index in [9.17, 15) is 13.6 Å². The Morgan fingerprint density at radius 2 is 1.79 bits per heavy atom. The van der Waals surface area contributed by atoms with E-state index in [1.807, 2.05) is 0 Å². The van der Waals surface area contributed by atoms with Crippen LogP contribution in [0.25, 0.3) is 0 Å². The molecule has 0 unspecified atom stereocenters. The molecule has 0 atom stereocenters. The number of ketones is 1. The molecule has 0 heterocycles. The van der Waals surface area contributed by atoms with Crippen molar-refractivity contribution in [3.8, 4) is 0 Å². The second-order valence-electron chi connectivity index (χ2n) is 3.13. The summed E-state index contributed by atoms with van der Waals surface area (Å²) < 4.78 is 24.8. The van der Waals surface area contributed by atoms with Crippen LogP contribution in [-0.2, 0) is 6.42 Å². The van der Waals surface area contributed by atoms with E-state index in [0.29, 0.717) is 12.0 Å². The van der Waals surface area contributed by atoms with Gasteiger partial charge in [-0.2, -0.15) is 0 Å². The Labute approximate surface area is 95.7 Å². The standard InChI is InChI=1S/C9H4Br2F2O/c10-9(11)3-4-1-6(12)7(13)2-5(4)8(9)14/h1-2H,3H2. The van der Waals surface area contributed by atoms with Crippen LogP contribution < -0.4 is 0 Å². The molecule has 0 spiro atoms. The lowest BCUT2D eigenvalue weighted by molar-refractivity contribution is 0.0994. The Kier molecular flexibility index (Phi) is 2.27. The molecule has 1 aromatic rings. The van der Waals surface area contributed by atoms with Gasteiger partial charge in [0.05, 0.1) is 0 Å². The van der Waals surface area contributed by atoms with Crippen molar-refractivity contribution in [2.75, 3.05) is 0 Å². The van der Waals surface area contributed by atoms with Gasteiger partial charge in [-0.15, -0.1) is 0 Å². The molecule has 74 valence electrons. The molecular weight excluding hydrogens is 322 g/mol. The number of halogens is 4. The second kappa shape index (κ2) is 3.10. The monoisotopic (exact) mass is 324 g/mol. The maximum atomic E-state index is 12.8. The van der Waals surface area contributed by atoms with Crippen molar-refractivity contribution in [3.05, 3.63) is 34.9 Å². The van der Waals surface area contributed by atoms with E-state index in [2.05, 4.69) is 31.9 Å². The zero-order valence-electron chi connectivity index (χ0n) is 6.78. The molecule has 2 rings (SSSR count). The van der Waals surface area contributed by atoms with Crippen LogP contribution in [0.3, 0.4) is 0 Å². The minimum atomic E-state index is -0.991. The molecule has 1 aliphatic rings. The van der Waals surface area contributed by atoms with Gasteiger partial charge in [0.25, 0.3) is 0 Å². The average molecular weight is 326 g/mol. The quantitative estimate of drug-likeness (QED) is 0.670. The van der Waals surface area contributed by atoms with Crippen LogP contribution in [0.15, 0.2) is 12.1 Å². The topological polar surface area (TPSA) is 17.1 Å². The van der Waals surface area contributed by atoms with E-state index in [1.54, 1.807) is 0 Å². The molecule has 5 heteroatoms. The van der Waals surface area contributed by atoms with Gasteiger partial charge in [0.1, 0.15) is 3.23 Å². The Bertz CT molecular complexity index is 429. The van der Waals surface area contributed by atoms with E-state index in [1.165, 1.54) is 0 Å². The number of carbonyl (C=O) groups excluding carboxylic acids is 1. The summed E-state index contributed by atoms with van der Waals surface area (Å²) in [6, 6.07) is 2.00. The maximum Gasteiger partial charge on any atom is 0.190 e. The lowest BCUT2D eigenvalue weighted by Gasteiger charge is -2.07. The first-order valence-electron chi connectivity index (χ1n) is 3.82. The Morgan fingerprint density at radius 3 is 2.43 bits per heavy atom. The molecule has 1 nitrogen and oxygen atoms in total. The fourth-order valence-electron chi connectivity index (χ4n) is 1.46. The average Bonchev–Trinajstić information content (AvgIpc) is 2.28. The lowest BCUT2D eigenvalue weighted by Crippen LogP contribution is -2.19. The molecule has 1 aromatic carbocycles. The van der Waals surface area contributed by atoms with Gasteiger partial charge >= 0.3 is 0 Å². The first kappa shape index (κ1) is 10.2. The summed E-state index contributed by atoms with van der Waals surface area (Å²) in [5, 5.41) is 0. The van der Waals surface area contributed by atoms with Crippen LogP contribution in [0.5, 0.6) is 0 Å². The van der Waals surface area contributed by atoms with Gasteiger partial charge in [0.2, 0.25) is 0 Å². The van der Waals surface area contributed by atoms with Gasteiger partial charge in [0, 0.05) is 12.0 Å². The van der Waals surface area contributed by atoms with Crippen molar-refractivity contribution < 1.29 is 13.6 Å². The number of alkyl halides is 2. The number of hydrogen-bond acceptors (Lipinski definition) is 1. The highest BCUT2D eigenvalue weighted by Gasteiger charge is 2.41. The summed E-state index contributed by atoms with van der Waals surface area (Å²) in [6.07, 6.45) is 0.318. The molecule has 0 radical (unpaired) electrons. The molecule has 1 aliphatic carbocycles. The number of rotatable bonds is 0. The minimum Gasteiger partial charge on any atom is -0.292 e. The fraction of sp³-hybridized carbons (Fsp3) is 0.222. The van der Waals surface area contributed by atoms with Crippen LogP contribution in [-0.4, -0.2) is 9.02 Å². The highest BCUT2D eigenvalue weighted by atomic mass is 79.9. The van der Waals surface area contributed by atoms with E-state index in [0.717, 1.165) is 12.1 Å². The maximum absolute atomic E-state index is 12.8.